The average molecular weight is 250 g/mol. The summed E-state index contributed by atoms with van der Waals surface area (Å²) in [5.41, 5.74) is 0.895. The lowest BCUT2D eigenvalue weighted by Crippen LogP contribution is -2.30. The van der Waals surface area contributed by atoms with E-state index < -0.39 is 6.10 Å². The largest absolute Gasteiger partial charge is 0.389 e. The topological polar surface area (TPSA) is 45.6 Å². The smallest absolute Gasteiger partial charge is 0.134 e. The van der Waals surface area contributed by atoms with Crippen LogP contribution in [0.4, 0.5) is 5.82 Å². The molecule has 1 N–H and O–H groups in total. The number of pyridine rings is 1. The Morgan fingerprint density at radius 2 is 2.22 bits per heavy atom. The molecule has 4 heteroatoms. The van der Waals surface area contributed by atoms with E-state index in [1.807, 2.05) is 19.2 Å². The third-order valence-electron chi connectivity index (χ3n) is 3.50. The predicted octanol–water partition coefficient (Wildman–Crippen LogP) is 2.00. The average Bonchev–Trinajstić information content (AvgIpc) is 2.40. The quantitative estimate of drug-likeness (QED) is 0.887. The lowest BCUT2D eigenvalue weighted by Gasteiger charge is -2.29. The Kier molecular flexibility index (Phi) is 4.55. The molecule has 2 heterocycles. The van der Waals surface area contributed by atoms with Crippen LogP contribution in [0.2, 0.25) is 0 Å². The van der Waals surface area contributed by atoms with Crippen molar-refractivity contribution in [3.63, 3.8) is 0 Å². The van der Waals surface area contributed by atoms with Gasteiger partial charge in [0.15, 0.2) is 0 Å². The number of aliphatic hydroxyl groups is 1. The lowest BCUT2D eigenvalue weighted by molar-refractivity contribution is 0.0684. The summed E-state index contributed by atoms with van der Waals surface area (Å²) in [6.45, 7) is 4.48. The number of aliphatic hydroxyl groups excluding tert-OH is 1. The van der Waals surface area contributed by atoms with Crippen LogP contribution in [0.25, 0.3) is 0 Å². The van der Waals surface area contributed by atoms with E-state index in [-0.39, 0.29) is 0 Å². The molecule has 0 radical (unpaired) electrons. The van der Waals surface area contributed by atoms with Gasteiger partial charge in [-0.25, -0.2) is 4.98 Å². The van der Waals surface area contributed by atoms with Crippen LogP contribution in [0.5, 0.6) is 0 Å². The first-order valence-electron chi connectivity index (χ1n) is 6.60. The Labute approximate surface area is 109 Å². The van der Waals surface area contributed by atoms with E-state index in [2.05, 4.69) is 9.88 Å². The van der Waals surface area contributed by atoms with Crippen molar-refractivity contribution in [2.45, 2.75) is 25.9 Å². The summed E-state index contributed by atoms with van der Waals surface area (Å²) in [6.07, 6.45) is 3.52. The van der Waals surface area contributed by atoms with Crippen molar-refractivity contribution >= 4 is 5.82 Å². The monoisotopic (exact) mass is 250 g/mol. The minimum absolute atomic E-state index is 0.481. The highest BCUT2D eigenvalue weighted by atomic mass is 16.5. The van der Waals surface area contributed by atoms with Crippen molar-refractivity contribution in [1.82, 2.24) is 4.98 Å². The maximum Gasteiger partial charge on any atom is 0.134 e. The molecule has 0 aromatic carbocycles. The summed E-state index contributed by atoms with van der Waals surface area (Å²) < 4.78 is 5.37. The predicted molar refractivity (Wildman–Crippen MR) is 71.7 cm³/mol. The fourth-order valence-corrected chi connectivity index (χ4v) is 2.46. The Morgan fingerprint density at radius 3 is 2.89 bits per heavy atom. The molecular weight excluding hydrogens is 228 g/mol. The minimum Gasteiger partial charge on any atom is -0.389 e. The zero-order valence-corrected chi connectivity index (χ0v) is 11.2. The fourth-order valence-electron chi connectivity index (χ4n) is 2.46. The summed E-state index contributed by atoms with van der Waals surface area (Å²) in [6, 6.07) is 3.81. The Morgan fingerprint density at radius 1 is 1.50 bits per heavy atom. The van der Waals surface area contributed by atoms with E-state index in [1.54, 1.807) is 13.1 Å². The van der Waals surface area contributed by atoms with Gasteiger partial charge >= 0.3 is 0 Å². The fraction of sp³-hybridized carbons (Fsp3) is 0.643. The van der Waals surface area contributed by atoms with Gasteiger partial charge in [-0.1, -0.05) is 6.07 Å². The van der Waals surface area contributed by atoms with Crippen LogP contribution in [-0.4, -0.2) is 36.9 Å². The van der Waals surface area contributed by atoms with Crippen LogP contribution < -0.4 is 4.90 Å². The molecule has 1 fully saturated rings. The summed E-state index contributed by atoms with van der Waals surface area (Å²) in [7, 11) is 2.05. The number of hydrogen-bond acceptors (Lipinski definition) is 4. The molecule has 1 aliphatic heterocycles. The number of nitrogens with zero attached hydrogens (tertiary/aromatic N) is 2. The summed E-state index contributed by atoms with van der Waals surface area (Å²) in [5, 5.41) is 9.77. The standard InChI is InChI=1S/C14H22N2O2/c1-11(17)13-4-3-7-15-14(13)16(2)10-12-5-8-18-9-6-12/h3-4,7,11-12,17H,5-6,8-10H2,1-2H3. The SMILES string of the molecule is CC(O)c1cccnc1N(C)CC1CCOCC1. The molecule has 1 aromatic heterocycles. The maximum atomic E-state index is 9.77. The number of anilines is 1. The van der Waals surface area contributed by atoms with Crippen molar-refractivity contribution < 1.29 is 9.84 Å². The number of rotatable bonds is 4. The molecule has 0 amide bonds. The maximum absolute atomic E-state index is 9.77. The third-order valence-corrected chi connectivity index (χ3v) is 3.50. The second-order valence-electron chi connectivity index (χ2n) is 5.03. The molecule has 0 spiro atoms. The van der Waals surface area contributed by atoms with Crippen LogP contribution in [0.1, 0.15) is 31.4 Å². The van der Waals surface area contributed by atoms with E-state index in [0.717, 1.165) is 44.0 Å². The van der Waals surface area contributed by atoms with Crippen molar-refractivity contribution in [3.05, 3.63) is 23.9 Å². The van der Waals surface area contributed by atoms with Gasteiger partial charge in [-0.15, -0.1) is 0 Å². The van der Waals surface area contributed by atoms with E-state index in [9.17, 15) is 5.11 Å². The molecule has 18 heavy (non-hydrogen) atoms. The Hall–Kier alpha value is -1.13. The van der Waals surface area contributed by atoms with E-state index in [0.29, 0.717) is 5.92 Å². The second kappa shape index (κ2) is 6.16. The van der Waals surface area contributed by atoms with Gasteiger partial charge in [0.1, 0.15) is 5.82 Å². The van der Waals surface area contributed by atoms with Crippen molar-refractivity contribution in [3.8, 4) is 0 Å². The molecular formula is C14H22N2O2. The molecule has 1 aromatic rings. The zero-order valence-electron chi connectivity index (χ0n) is 11.2. The molecule has 0 saturated carbocycles. The van der Waals surface area contributed by atoms with Crippen LogP contribution >= 0.6 is 0 Å². The first kappa shape index (κ1) is 13.3. The molecule has 2 rings (SSSR count). The molecule has 4 nitrogen and oxygen atoms in total. The van der Waals surface area contributed by atoms with Crippen LogP contribution in [0.3, 0.4) is 0 Å². The zero-order chi connectivity index (χ0) is 13.0. The summed E-state index contributed by atoms with van der Waals surface area (Å²) in [5.74, 6) is 1.55. The van der Waals surface area contributed by atoms with Crippen molar-refractivity contribution in [1.29, 1.82) is 0 Å². The first-order chi connectivity index (χ1) is 8.68. The number of aromatic nitrogens is 1. The molecule has 1 atom stereocenters. The van der Waals surface area contributed by atoms with Gasteiger partial charge in [-0.05, 0) is 31.7 Å². The number of ether oxygens (including phenoxy) is 1. The van der Waals surface area contributed by atoms with Gasteiger partial charge in [-0.3, -0.25) is 0 Å². The Bertz CT molecular complexity index is 376. The van der Waals surface area contributed by atoms with E-state index in [1.165, 1.54) is 0 Å². The molecule has 1 aliphatic rings. The van der Waals surface area contributed by atoms with Crippen LogP contribution in [-0.2, 0) is 4.74 Å². The highest BCUT2D eigenvalue weighted by molar-refractivity contribution is 5.47. The van der Waals surface area contributed by atoms with Crippen LogP contribution in [0, 0.1) is 5.92 Å². The summed E-state index contributed by atoms with van der Waals surface area (Å²) >= 11 is 0. The second-order valence-corrected chi connectivity index (χ2v) is 5.03. The molecule has 1 saturated heterocycles. The van der Waals surface area contributed by atoms with Gasteiger partial charge < -0.3 is 14.7 Å². The van der Waals surface area contributed by atoms with Crippen LogP contribution in [0.15, 0.2) is 18.3 Å². The minimum atomic E-state index is -0.481. The van der Waals surface area contributed by atoms with Crippen molar-refractivity contribution in [2.75, 3.05) is 31.7 Å². The number of hydrogen-bond donors (Lipinski definition) is 1. The molecule has 0 aliphatic carbocycles. The normalized spacial score (nSPS) is 18.6. The molecule has 100 valence electrons. The summed E-state index contributed by atoms with van der Waals surface area (Å²) in [4.78, 5) is 6.55. The molecule has 0 bridgehead atoms. The van der Waals surface area contributed by atoms with Gasteiger partial charge in [-0.2, -0.15) is 0 Å². The van der Waals surface area contributed by atoms with Gasteiger partial charge in [0.2, 0.25) is 0 Å². The highest BCUT2D eigenvalue weighted by Crippen LogP contribution is 2.25. The highest BCUT2D eigenvalue weighted by Gasteiger charge is 2.19. The van der Waals surface area contributed by atoms with E-state index in [4.69, 9.17) is 4.74 Å². The first-order valence-corrected chi connectivity index (χ1v) is 6.60. The van der Waals surface area contributed by atoms with E-state index >= 15 is 0 Å². The lowest BCUT2D eigenvalue weighted by atomic mass is 9.99. The molecule has 1 unspecified atom stereocenters. The van der Waals surface area contributed by atoms with Gasteiger partial charge in [0.05, 0.1) is 6.10 Å². The Balaban J connectivity index is 2.05. The van der Waals surface area contributed by atoms with Gasteiger partial charge in [0, 0.05) is 38.6 Å². The van der Waals surface area contributed by atoms with Gasteiger partial charge in [0.25, 0.3) is 0 Å². The van der Waals surface area contributed by atoms with Crippen molar-refractivity contribution in [2.24, 2.45) is 5.92 Å². The third kappa shape index (κ3) is 3.21.